The number of carbonyl (C=O) groups excluding carboxylic acids is 1. The molecule has 0 aliphatic rings. The summed E-state index contributed by atoms with van der Waals surface area (Å²) in [4.78, 5) is 11.6. The van der Waals surface area contributed by atoms with Gasteiger partial charge in [-0.05, 0) is 18.1 Å². The highest BCUT2D eigenvalue weighted by atomic mass is 35.5. The molecular weight excluding hydrogens is 254 g/mol. The predicted molar refractivity (Wildman–Crippen MR) is 72.9 cm³/mol. The summed E-state index contributed by atoms with van der Waals surface area (Å²) >= 11 is 0. The zero-order valence-corrected chi connectivity index (χ0v) is 11.4. The molecule has 0 radical (unpaired) electrons. The number of carbonyl (C=O) groups is 1. The first-order chi connectivity index (χ1) is 8.11. The lowest BCUT2D eigenvalue weighted by Crippen LogP contribution is -2.27. The minimum atomic E-state index is -0.647. The number of methoxy groups -OCH3 is 1. The van der Waals surface area contributed by atoms with Gasteiger partial charge in [-0.3, -0.25) is 0 Å². The Bertz CT molecular complexity index is 384. The molecule has 0 unspecified atom stereocenters. The number of aliphatic hydroxyl groups excluding tert-OH is 1. The van der Waals surface area contributed by atoms with Crippen LogP contribution in [-0.2, 0) is 4.74 Å². The van der Waals surface area contributed by atoms with Crippen molar-refractivity contribution in [3.05, 3.63) is 35.4 Å². The zero-order valence-electron chi connectivity index (χ0n) is 10.6. The predicted octanol–water partition coefficient (Wildman–Crippen LogP) is 2.06. The van der Waals surface area contributed by atoms with E-state index in [4.69, 9.17) is 10.5 Å². The number of ether oxygens (including phenoxy) is 1. The van der Waals surface area contributed by atoms with Gasteiger partial charge in [-0.1, -0.05) is 31.5 Å². The molecular formula is C13H20ClNO3. The van der Waals surface area contributed by atoms with Crippen molar-refractivity contribution < 1.29 is 14.6 Å². The lowest BCUT2D eigenvalue weighted by molar-refractivity contribution is 0.0596. The Morgan fingerprint density at radius 2 is 2.06 bits per heavy atom. The Morgan fingerprint density at radius 1 is 1.44 bits per heavy atom. The Morgan fingerprint density at radius 3 is 2.61 bits per heavy atom. The fourth-order valence-corrected chi connectivity index (χ4v) is 1.77. The number of aliphatic hydroxyl groups is 1. The first-order valence-corrected chi connectivity index (χ1v) is 5.72. The number of hydrogen-bond acceptors (Lipinski definition) is 4. The standard InChI is InChI=1S/C13H19NO3.ClH/c1-3-6-11(15)12(14)9-7-4-5-8-10(9)13(16)17-2;/h4-5,7-8,11-12,15H,3,6,14H2,1-2H3;1H/t11-,12+;/m1./s1. The molecule has 0 aliphatic carbocycles. The van der Waals surface area contributed by atoms with Crippen molar-refractivity contribution in [2.24, 2.45) is 5.73 Å². The quantitative estimate of drug-likeness (QED) is 0.806. The fraction of sp³-hybridized carbons (Fsp3) is 0.462. The lowest BCUT2D eigenvalue weighted by atomic mass is 9.95. The van der Waals surface area contributed by atoms with Crippen molar-refractivity contribution in [2.75, 3.05) is 7.11 Å². The molecule has 0 aromatic heterocycles. The van der Waals surface area contributed by atoms with Crippen molar-refractivity contribution in [1.29, 1.82) is 0 Å². The summed E-state index contributed by atoms with van der Waals surface area (Å²) in [7, 11) is 1.33. The first-order valence-electron chi connectivity index (χ1n) is 5.72. The lowest BCUT2D eigenvalue weighted by Gasteiger charge is -2.20. The molecule has 1 aromatic carbocycles. The summed E-state index contributed by atoms with van der Waals surface area (Å²) in [5.74, 6) is -0.431. The van der Waals surface area contributed by atoms with Crippen LogP contribution >= 0.6 is 12.4 Å². The SMILES string of the molecule is CCC[C@@H](O)[C@@H](N)c1ccccc1C(=O)OC.Cl. The third-order valence-electron chi connectivity index (χ3n) is 2.72. The molecule has 0 saturated carbocycles. The van der Waals surface area contributed by atoms with Gasteiger partial charge in [0.15, 0.2) is 0 Å². The van der Waals surface area contributed by atoms with Crippen LogP contribution in [0.2, 0.25) is 0 Å². The van der Waals surface area contributed by atoms with Gasteiger partial charge < -0.3 is 15.6 Å². The van der Waals surface area contributed by atoms with Gasteiger partial charge in [-0.15, -0.1) is 12.4 Å². The largest absolute Gasteiger partial charge is 0.465 e. The van der Waals surface area contributed by atoms with E-state index in [1.165, 1.54) is 7.11 Å². The van der Waals surface area contributed by atoms with Crippen molar-refractivity contribution in [1.82, 2.24) is 0 Å². The van der Waals surface area contributed by atoms with Gasteiger partial charge in [0.25, 0.3) is 0 Å². The van der Waals surface area contributed by atoms with Crippen LogP contribution in [0.5, 0.6) is 0 Å². The second kappa shape index (κ2) is 8.08. The van der Waals surface area contributed by atoms with Crippen LogP contribution in [-0.4, -0.2) is 24.3 Å². The number of nitrogens with two attached hydrogens (primary N) is 1. The van der Waals surface area contributed by atoms with Crippen LogP contribution in [0.15, 0.2) is 24.3 Å². The topological polar surface area (TPSA) is 72.5 Å². The molecule has 0 bridgehead atoms. The van der Waals surface area contributed by atoms with Gasteiger partial charge in [-0.2, -0.15) is 0 Å². The van der Waals surface area contributed by atoms with Gasteiger partial charge >= 0.3 is 5.97 Å². The van der Waals surface area contributed by atoms with Crippen LogP contribution in [0, 0.1) is 0 Å². The molecule has 1 rings (SSSR count). The van der Waals surface area contributed by atoms with E-state index in [9.17, 15) is 9.90 Å². The maximum atomic E-state index is 11.6. The highest BCUT2D eigenvalue weighted by Crippen LogP contribution is 2.21. The molecule has 0 heterocycles. The molecule has 102 valence electrons. The average Bonchev–Trinajstić information content (AvgIpc) is 2.37. The van der Waals surface area contributed by atoms with Gasteiger partial charge in [-0.25, -0.2) is 4.79 Å². The Balaban J connectivity index is 0.00000289. The van der Waals surface area contributed by atoms with E-state index in [2.05, 4.69) is 0 Å². The number of benzene rings is 1. The molecule has 1 aromatic rings. The van der Waals surface area contributed by atoms with Crippen molar-refractivity contribution in [3.63, 3.8) is 0 Å². The Hall–Kier alpha value is -1.10. The zero-order chi connectivity index (χ0) is 12.8. The second-order valence-corrected chi connectivity index (χ2v) is 3.96. The molecule has 3 N–H and O–H groups in total. The summed E-state index contributed by atoms with van der Waals surface area (Å²) in [5, 5.41) is 9.87. The van der Waals surface area contributed by atoms with Gasteiger partial charge in [0, 0.05) is 0 Å². The summed E-state index contributed by atoms with van der Waals surface area (Å²) in [5.41, 5.74) is 7.00. The highest BCUT2D eigenvalue weighted by Gasteiger charge is 2.21. The summed E-state index contributed by atoms with van der Waals surface area (Å²) < 4.78 is 4.69. The minimum Gasteiger partial charge on any atom is -0.465 e. The molecule has 5 heteroatoms. The number of rotatable bonds is 5. The Labute approximate surface area is 114 Å². The van der Waals surface area contributed by atoms with E-state index in [-0.39, 0.29) is 12.4 Å². The van der Waals surface area contributed by atoms with Crippen LogP contribution in [0.1, 0.15) is 41.7 Å². The normalized spacial score (nSPS) is 13.3. The smallest absolute Gasteiger partial charge is 0.338 e. The Kier molecular flexibility index (Phi) is 7.59. The van der Waals surface area contributed by atoms with Crippen molar-refractivity contribution in [2.45, 2.75) is 31.9 Å². The summed E-state index contributed by atoms with van der Waals surface area (Å²) in [6.07, 6.45) is 0.803. The summed E-state index contributed by atoms with van der Waals surface area (Å²) in [6.45, 7) is 1.97. The third-order valence-corrected chi connectivity index (χ3v) is 2.72. The number of esters is 1. The molecule has 2 atom stereocenters. The van der Waals surface area contributed by atoms with E-state index >= 15 is 0 Å². The van der Waals surface area contributed by atoms with E-state index < -0.39 is 18.1 Å². The monoisotopic (exact) mass is 273 g/mol. The van der Waals surface area contributed by atoms with Gasteiger partial charge in [0.05, 0.1) is 24.8 Å². The number of halogens is 1. The minimum absolute atomic E-state index is 0. The van der Waals surface area contributed by atoms with Crippen molar-refractivity contribution >= 4 is 18.4 Å². The third kappa shape index (κ3) is 3.98. The molecule has 0 fully saturated rings. The summed E-state index contributed by atoms with van der Waals surface area (Å²) in [6, 6.07) is 6.37. The van der Waals surface area contributed by atoms with Crippen LogP contribution < -0.4 is 5.73 Å². The van der Waals surface area contributed by atoms with Crippen LogP contribution in [0.4, 0.5) is 0 Å². The molecule has 0 saturated heterocycles. The van der Waals surface area contributed by atoms with E-state index in [0.29, 0.717) is 17.5 Å². The molecule has 0 spiro atoms. The van der Waals surface area contributed by atoms with Crippen LogP contribution in [0.3, 0.4) is 0 Å². The first kappa shape index (κ1) is 16.9. The number of hydrogen-bond donors (Lipinski definition) is 2. The van der Waals surface area contributed by atoms with Gasteiger partial charge in [0.2, 0.25) is 0 Å². The van der Waals surface area contributed by atoms with E-state index in [1.807, 2.05) is 6.92 Å². The van der Waals surface area contributed by atoms with Crippen molar-refractivity contribution in [3.8, 4) is 0 Å². The highest BCUT2D eigenvalue weighted by molar-refractivity contribution is 5.91. The fourth-order valence-electron chi connectivity index (χ4n) is 1.77. The van der Waals surface area contributed by atoms with E-state index in [0.717, 1.165) is 6.42 Å². The maximum Gasteiger partial charge on any atom is 0.338 e. The molecule has 18 heavy (non-hydrogen) atoms. The maximum absolute atomic E-state index is 11.6. The second-order valence-electron chi connectivity index (χ2n) is 3.96. The van der Waals surface area contributed by atoms with E-state index in [1.54, 1.807) is 24.3 Å². The van der Waals surface area contributed by atoms with Gasteiger partial charge in [0.1, 0.15) is 0 Å². The van der Waals surface area contributed by atoms with Crippen LogP contribution in [0.25, 0.3) is 0 Å². The molecule has 0 aliphatic heterocycles. The molecule has 0 amide bonds. The average molecular weight is 274 g/mol. The molecule has 4 nitrogen and oxygen atoms in total.